The van der Waals surface area contributed by atoms with Crippen molar-refractivity contribution in [1.29, 1.82) is 0 Å². The van der Waals surface area contributed by atoms with Crippen molar-refractivity contribution in [3.63, 3.8) is 0 Å². The van der Waals surface area contributed by atoms with Crippen LogP contribution < -0.4 is 5.32 Å². The number of rotatable bonds is 3. The summed E-state index contributed by atoms with van der Waals surface area (Å²) in [5.41, 5.74) is 0. The Morgan fingerprint density at radius 1 is 1.55 bits per heavy atom. The standard InChI is InChI=1S/C7H13NO3/c1-4-8-7(10)5(2)11-6(3)9/h5H,4H2,1-3H3,(H,8,10)/t5-/m0/s1. The van der Waals surface area contributed by atoms with Gasteiger partial charge in [0, 0.05) is 13.5 Å². The monoisotopic (exact) mass is 159 g/mol. The van der Waals surface area contributed by atoms with Crippen molar-refractivity contribution in [2.75, 3.05) is 6.54 Å². The van der Waals surface area contributed by atoms with Crippen LogP contribution in [0.3, 0.4) is 0 Å². The number of hydrogen-bond donors (Lipinski definition) is 1. The second kappa shape index (κ2) is 4.71. The van der Waals surface area contributed by atoms with Crippen LogP contribution in [0.5, 0.6) is 0 Å². The summed E-state index contributed by atoms with van der Waals surface area (Å²) in [7, 11) is 0. The van der Waals surface area contributed by atoms with Crippen molar-refractivity contribution in [2.24, 2.45) is 0 Å². The summed E-state index contributed by atoms with van der Waals surface area (Å²) in [4.78, 5) is 21.3. The van der Waals surface area contributed by atoms with Crippen LogP contribution in [0.1, 0.15) is 20.8 Å². The lowest BCUT2D eigenvalue weighted by molar-refractivity contribution is -0.152. The highest BCUT2D eigenvalue weighted by atomic mass is 16.5. The quantitative estimate of drug-likeness (QED) is 0.593. The van der Waals surface area contributed by atoms with Crippen molar-refractivity contribution in [3.05, 3.63) is 0 Å². The first kappa shape index (κ1) is 9.94. The summed E-state index contributed by atoms with van der Waals surface area (Å²) in [6.07, 6.45) is -0.688. The van der Waals surface area contributed by atoms with E-state index in [-0.39, 0.29) is 5.91 Å². The first-order valence-electron chi connectivity index (χ1n) is 3.52. The van der Waals surface area contributed by atoms with E-state index < -0.39 is 12.1 Å². The van der Waals surface area contributed by atoms with Gasteiger partial charge in [0.15, 0.2) is 6.10 Å². The van der Waals surface area contributed by atoms with Gasteiger partial charge in [0.1, 0.15) is 0 Å². The molecular weight excluding hydrogens is 146 g/mol. The first-order chi connectivity index (χ1) is 5.07. The van der Waals surface area contributed by atoms with Crippen molar-refractivity contribution in [1.82, 2.24) is 5.32 Å². The van der Waals surface area contributed by atoms with Crippen molar-refractivity contribution in [2.45, 2.75) is 26.9 Å². The SMILES string of the molecule is CCNC(=O)[C@H](C)OC(C)=O. The minimum Gasteiger partial charge on any atom is -0.453 e. The maximum Gasteiger partial charge on any atom is 0.303 e. The third-order valence-electron chi connectivity index (χ3n) is 1.06. The molecule has 0 heterocycles. The second-order valence-corrected chi connectivity index (χ2v) is 2.15. The van der Waals surface area contributed by atoms with Gasteiger partial charge in [-0.2, -0.15) is 0 Å². The summed E-state index contributed by atoms with van der Waals surface area (Å²) < 4.78 is 4.61. The van der Waals surface area contributed by atoms with Gasteiger partial charge in [-0.15, -0.1) is 0 Å². The fraction of sp³-hybridized carbons (Fsp3) is 0.714. The molecule has 1 atom stereocenters. The number of nitrogens with one attached hydrogen (secondary N) is 1. The number of hydrogen-bond acceptors (Lipinski definition) is 3. The van der Waals surface area contributed by atoms with Crippen molar-refractivity contribution >= 4 is 11.9 Å². The van der Waals surface area contributed by atoms with Gasteiger partial charge >= 0.3 is 5.97 Å². The summed E-state index contributed by atoms with van der Waals surface area (Å²) in [5, 5.41) is 2.53. The van der Waals surface area contributed by atoms with E-state index in [1.807, 2.05) is 0 Å². The summed E-state index contributed by atoms with van der Waals surface area (Å²) in [6, 6.07) is 0. The van der Waals surface area contributed by atoms with E-state index >= 15 is 0 Å². The zero-order chi connectivity index (χ0) is 8.85. The van der Waals surface area contributed by atoms with E-state index in [1.165, 1.54) is 13.8 Å². The molecule has 0 fully saturated rings. The molecule has 0 rings (SSSR count). The molecule has 0 saturated heterocycles. The molecule has 0 aromatic heterocycles. The molecule has 0 bridgehead atoms. The summed E-state index contributed by atoms with van der Waals surface area (Å²) >= 11 is 0. The van der Waals surface area contributed by atoms with Gasteiger partial charge in [-0.25, -0.2) is 0 Å². The van der Waals surface area contributed by atoms with Gasteiger partial charge in [0.05, 0.1) is 0 Å². The molecule has 0 aliphatic heterocycles. The lowest BCUT2D eigenvalue weighted by Gasteiger charge is -2.10. The molecule has 0 aromatic carbocycles. The molecule has 4 nitrogen and oxygen atoms in total. The van der Waals surface area contributed by atoms with Crippen molar-refractivity contribution < 1.29 is 14.3 Å². The fourth-order valence-electron chi connectivity index (χ4n) is 0.620. The van der Waals surface area contributed by atoms with Gasteiger partial charge in [-0.1, -0.05) is 0 Å². The number of carbonyl (C=O) groups excluding carboxylic acids is 2. The minimum absolute atomic E-state index is 0.261. The summed E-state index contributed by atoms with van der Waals surface area (Å²) in [6.45, 7) is 5.16. The van der Waals surface area contributed by atoms with E-state index in [0.717, 1.165) is 0 Å². The summed E-state index contributed by atoms with van der Waals surface area (Å²) in [5.74, 6) is -0.702. The van der Waals surface area contributed by atoms with Crippen LogP contribution in [0, 0.1) is 0 Å². The molecule has 0 aliphatic rings. The zero-order valence-corrected chi connectivity index (χ0v) is 7.01. The van der Waals surface area contributed by atoms with Gasteiger partial charge in [-0.05, 0) is 13.8 Å². The van der Waals surface area contributed by atoms with Crippen LogP contribution in [-0.2, 0) is 14.3 Å². The Labute approximate surface area is 65.9 Å². The van der Waals surface area contributed by atoms with E-state index in [2.05, 4.69) is 10.1 Å². The third-order valence-corrected chi connectivity index (χ3v) is 1.06. The highest BCUT2D eigenvalue weighted by Gasteiger charge is 2.13. The zero-order valence-electron chi connectivity index (χ0n) is 7.01. The molecule has 1 N–H and O–H groups in total. The molecule has 11 heavy (non-hydrogen) atoms. The van der Waals surface area contributed by atoms with Crippen LogP contribution in [0.25, 0.3) is 0 Å². The third kappa shape index (κ3) is 4.36. The Kier molecular flexibility index (Phi) is 4.26. The number of esters is 1. The molecule has 0 aromatic rings. The Bertz CT molecular complexity index is 156. The Hall–Kier alpha value is -1.06. The Morgan fingerprint density at radius 3 is 2.45 bits per heavy atom. The maximum atomic E-state index is 10.9. The molecular formula is C7H13NO3. The van der Waals surface area contributed by atoms with E-state index in [4.69, 9.17) is 0 Å². The molecule has 0 unspecified atom stereocenters. The minimum atomic E-state index is -0.688. The van der Waals surface area contributed by atoms with Crippen LogP contribution in [-0.4, -0.2) is 24.5 Å². The van der Waals surface area contributed by atoms with Gasteiger partial charge in [-0.3, -0.25) is 9.59 Å². The number of ether oxygens (including phenoxy) is 1. The molecule has 4 heteroatoms. The van der Waals surface area contributed by atoms with Crippen molar-refractivity contribution in [3.8, 4) is 0 Å². The Balaban J connectivity index is 3.73. The van der Waals surface area contributed by atoms with Gasteiger partial charge in [0.2, 0.25) is 0 Å². The molecule has 0 spiro atoms. The fourth-order valence-corrected chi connectivity index (χ4v) is 0.620. The molecule has 64 valence electrons. The van der Waals surface area contributed by atoms with Crippen LogP contribution in [0.2, 0.25) is 0 Å². The molecule has 0 saturated carbocycles. The predicted molar refractivity (Wildman–Crippen MR) is 39.9 cm³/mol. The van der Waals surface area contributed by atoms with E-state index in [0.29, 0.717) is 6.54 Å². The maximum absolute atomic E-state index is 10.9. The first-order valence-corrected chi connectivity index (χ1v) is 3.52. The largest absolute Gasteiger partial charge is 0.453 e. The topological polar surface area (TPSA) is 55.4 Å². The highest BCUT2D eigenvalue weighted by molar-refractivity contribution is 5.82. The average molecular weight is 159 g/mol. The smallest absolute Gasteiger partial charge is 0.303 e. The molecule has 1 amide bonds. The normalized spacial score (nSPS) is 11.9. The molecule has 0 aliphatic carbocycles. The van der Waals surface area contributed by atoms with Gasteiger partial charge < -0.3 is 10.1 Å². The number of amides is 1. The van der Waals surface area contributed by atoms with E-state index in [1.54, 1.807) is 6.92 Å². The molecule has 0 radical (unpaired) electrons. The van der Waals surface area contributed by atoms with E-state index in [9.17, 15) is 9.59 Å². The second-order valence-electron chi connectivity index (χ2n) is 2.15. The van der Waals surface area contributed by atoms with Crippen LogP contribution >= 0.6 is 0 Å². The lowest BCUT2D eigenvalue weighted by Crippen LogP contribution is -2.35. The van der Waals surface area contributed by atoms with Crippen LogP contribution in [0.15, 0.2) is 0 Å². The van der Waals surface area contributed by atoms with Gasteiger partial charge in [0.25, 0.3) is 5.91 Å². The number of likely N-dealkylation sites (N-methyl/N-ethyl adjacent to an activating group) is 1. The lowest BCUT2D eigenvalue weighted by atomic mass is 10.4. The number of carbonyl (C=O) groups is 2. The Morgan fingerprint density at radius 2 is 2.09 bits per heavy atom. The average Bonchev–Trinajstić information content (AvgIpc) is 1.86. The predicted octanol–water partition coefficient (Wildman–Crippen LogP) is 0.0741. The van der Waals surface area contributed by atoms with Crippen LogP contribution in [0.4, 0.5) is 0 Å². The highest BCUT2D eigenvalue weighted by Crippen LogP contribution is 1.90.